The first kappa shape index (κ1) is 119. The molecule has 0 atom stereocenters. The van der Waals surface area contributed by atoms with Crippen LogP contribution in [0.5, 0.6) is 0 Å². The molecule has 0 rings (SSSR count). The van der Waals surface area contributed by atoms with Crippen molar-refractivity contribution in [2.45, 2.75) is 267 Å². The summed E-state index contributed by atoms with van der Waals surface area (Å²) in [6, 6.07) is 0. The van der Waals surface area contributed by atoms with Gasteiger partial charge in [-0.15, -0.1) is 0 Å². The topological polar surface area (TPSA) is 623 Å². The zero-order valence-corrected chi connectivity index (χ0v) is 69.5. The lowest BCUT2D eigenvalue weighted by Crippen LogP contribution is -2.24. The molecule has 30 N–H and O–H groups in total. The van der Waals surface area contributed by atoms with Gasteiger partial charge in [0.25, 0.3) is 0 Å². The van der Waals surface area contributed by atoms with Crippen molar-refractivity contribution < 1.29 is 47.9 Å². The average molecular weight is 1500 g/mol. The van der Waals surface area contributed by atoms with Crippen molar-refractivity contribution in [1.82, 2.24) is 0 Å². The number of nitrogens with zero attached hydrogens (tertiary/aromatic N) is 5. The lowest BCUT2D eigenvalue weighted by atomic mass is 10.0. The monoisotopic (exact) mass is 1500 g/mol. The summed E-state index contributed by atoms with van der Waals surface area (Å²) < 4.78 is 0. The number of hydrogen-bond acceptors (Lipinski definition) is 20. The fourth-order valence-electron chi connectivity index (χ4n) is 6.55. The van der Waals surface area contributed by atoms with Crippen molar-refractivity contribution in [2.24, 2.45) is 170 Å². The van der Waals surface area contributed by atoms with Crippen molar-refractivity contribution in [3.63, 3.8) is 0 Å². The molecule has 0 aliphatic carbocycles. The number of guanidine groups is 5. The smallest absolute Gasteiger partial charge is 0.186 e. The predicted octanol–water partition coefficient (Wildman–Crippen LogP) is 6.08. The van der Waals surface area contributed by atoms with Crippen LogP contribution in [-0.4, -0.2) is 153 Å². The number of carbonyl (C=O) groups excluding carboxylic acids is 10. The van der Waals surface area contributed by atoms with Crippen molar-refractivity contribution in [3.05, 3.63) is 0 Å². The predicted molar refractivity (Wildman–Crippen MR) is 439 cm³/mol. The maximum atomic E-state index is 11.2. The fourth-order valence-corrected chi connectivity index (χ4v) is 6.55. The van der Waals surface area contributed by atoms with Crippen LogP contribution in [0.4, 0.5) is 0 Å². The average Bonchev–Trinajstić information content (AvgIpc) is 2.37. The van der Waals surface area contributed by atoms with Crippen LogP contribution >= 0.6 is 0 Å². The second-order valence-corrected chi connectivity index (χ2v) is 27.8. The van der Waals surface area contributed by atoms with Gasteiger partial charge in [-0.2, -0.15) is 0 Å². The molecule has 0 heterocycles. The third kappa shape index (κ3) is 113. The van der Waals surface area contributed by atoms with Crippen LogP contribution < -0.4 is 86.0 Å². The van der Waals surface area contributed by atoms with Gasteiger partial charge in [0.2, 0.25) is 0 Å². The zero-order valence-electron chi connectivity index (χ0n) is 69.5. The van der Waals surface area contributed by atoms with Gasteiger partial charge >= 0.3 is 0 Å². The Bertz CT molecular complexity index is 2350. The molecule has 105 heavy (non-hydrogen) atoms. The minimum atomic E-state index is -0.0333. The Morgan fingerprint density at radius 3 is 0.657 bits per heavy atom. The van der Waals surface area contributed by atoms with E-state index in [1.807, 2.05) is 138 Å². The minimum Gasteiger partial charge on any atom is -0.370 e. The van der Waals surface area contributed by atoms with E-state index < -0.39 is 0 Å². The van der Waals surface area contributed by atoms with Crippen LogP contribution in [0.3, 0.4) is 0 Å². The molecule has 0 aromatic heterocycles. The molecule has 0 aliphatic heterocycles. The first-order valence-corrected chi connectivity index (χ1v) is 37.6. The first-order chi connectivity index (χ1) is 48.6. The highest BCUT2D eigenvalue weighted by molar-refractivity contribution is 5.86. The van der Waals surface area contributed by atoms with E-state index in [-0.39, 0.29) is 131 Å². The summed E-state index contributed by atoms with van der Waals surface area (Å²) in [5.41, 5.74) is 77.0. The number of unbranched alkanes of at least 4 members (excludes halogenated alkanes) is 6. The molecule has 30 nitrogen and oxygen atoms in total. The number of ketones is 10. The van der Waals surface area contributed by atoms with E-state index >= 15 is 0 Å². The molecule has 0 spiro atoms. The van der Waals surface area contributed by atoms with Crippen molar-refractivity contribution in [2.75, 3.05) is 65.4 Å². The number of aliphatic imine (C=N–C) groups is 5. The Kier molecular flexibility index (Phi) is 95.3. The Labute approximate surface area is 635 Å². The number of Topliss-reactive ketones (excluding diaryl/α,β-unsaturated/α-hetero) is 10. The van der Waals surface area contributed by atoms with E-state index in [9.17, 15) is 47.9 Å². The lowest BCUT2D eigenvalue weighted by Gasteiger charge is -2.02. The number of hydrogen-bond donors (Lipinski definition) is 15. The Balaban J connectivity index is -0.000000120. The molecule has 0 aromatic rings. The normalized spacial score (nSPS) is 10.0. The van der Waals surface area contributed by atoms with Gasteiger partial charge in [-0.3, -0.25) is 67.9 Å². The van der Waals surface area contributed by atoms with E-state index in [2.05, 4.69) is 25.0 Å². The Hall–Kier alpha value is -7.15. The van der Waals surface area contributed by atoms with Crippen molar-refractivity contribution in [3.8, 4) is 0 Å². The molecule has 30 heteroatoms. The molecular formula is C75H160N20O10. The molecule has 0 aromatic carbocycles. The van der Waals surface area contributed by atoms with Gasteiger partial charge in [-0.05, 0) is 90.4 Å². The summed E-state index contributed by atoms with van der Waals surface area (Å²) in [6.45, 7) is 42.9. The van der Waals surface area contributed by atoms with E-state index in [0.717, 1.165) is 90.0 Å². The van der Waals surface area contributed by atoms with Crippen LogP contribution in [0.25, 0.3) is 0 Å². The van der Waals surface area contributed by atoms with E-state index in [4.69, 9.17) is 86.0 Å². The largest absolute Gasteiger partial charge is 0.370 e. The van der Waals surface area contributed by atoms with Crippen LogP contribution in [0.15, 0.2) is 25.0 Å². The SMILES string of the molecule is CC(C)C(=O)CCCCCN.CC(C)C(=O)CCCCCN=C(N)N.CC(C)C(=O)CCCCN.CC(C)C(=O)CCCCN=C(N)N.CC(C)C(=O)CCCN.CC(C)C(=O)CCCN=C(N)N.CC(C)C(=O)CCN.CC(C)C(=O)CCN=C(N)N.CC(C)C(=O)CN.CC(C)C(=O)CN=C(N)N. The highest BCUT2D eigenvalue weighted by atomic mass is 16.2. The van der Waals surface area contributed by atoms with Gasteiger partial charge in [0.1, 0.15) is 58.6 Å². The molecule has 0 aliphatic rings. The molecule has 0 saturated carbocycles. The molecule has 0 unspecified atom stereocenters. The zero-order chi connectivity index (χ0) is 84.2. The van der Waals surface area contributed by atoms with Crippen LogP contribution in [0.1, 0.15) is 267 Å². The van der Waals surface area contributed by atoms with Crippen molar-refractivity contribution in [1.29, 1.82) is 0 Å². The second kappa shape index (κ2) is 84.1. The minimum absolute atomic E-state index is 0.00287. The number of rotatable bonds is 45. The standard InChI is InChI=1S/C10H21N3O.C9H19N3O.C9H19NO.C8H17N3O.C8H17NO.C7H15N3O.C7H15NO.C6H13N3O.C6H13NO.C5H11NO/c1-8(2)9(14)6-4-3-5-7-13-10(11)12;1-7(2)8(13)5-3-4-6-12-9(10)11;1-8(2)9(11)6-4-3-5-7-10;1-6(2)7(12)4-3-5-11-8(9)10;1-7(2)8(10)5-3-4-6-9;1-5(2)6(11)3-4-10-7(8)9;1-6(2)7(9)4-3-5-8;1-4(2)5(10)3-9-6(7)8;1-5(2)6(8)3-4-7;1-4(2)5(7)3-6/h8H,3-7H2,1-2H3,(H4,11,12,13);7H,3-6H2,1-2H3,(H4,10,11,12);8H,3-7,10H2,1-2H3;6H,3-5H2,1-2H3,(H4,9,10,11);7H,3-6,9H2,1-2H3;5H,3-4H2,1-2H3,(H4,8,9,10);6H,3-5,8H2,1-2H3;4H,3H2,1-2H3,(H4,7,8,9);5H,3-4,7H2,1-2H3;4H,3,6H2,1-2H3. The van der Waals surface area contributed by atoms with Crippen LogP contribution in [-0.2, 0) is 47.9 Å². The maximum Gasteiger partial charge on any atom is 0.186 e. The van der Waals surface area contributed by atoms with Crippen LogP contribution in [0.2, 0.25) is 0 Å². The van der Waals surface area contributed by atoms with Gasteiger partial charge < -0.3 is 86.0 Å². The van der Waals surface area contributed by atoms with Gasteiger partial charge in [0, 0.05) is 137 Å². The van der Waals surface area contributed by atoms with Gasteiger partial charge in [0.15, 0.2) is 35.6 Å². The Morgan fingerprint density at radius 2 is 0.410 bits per heavy atom. The number of carbonyl (C=O) groups is 10. The molecule has 0 amide bonds. The van der Waals surface area contributed by atoms with Gasteiger partial charge in [-0.1, -0.05) is 151 Å². The van der Waals surface area contributed by atoms with Crippen LogP contribution in [0, 0.1) is 59.2 Å². The third-order valence-corrected chi connectivity index (χ3v) is 14.1. The Morgan fingerprint density at radius 1 is 0.200 bits per heavy atom. The fraction of sp³-hybridized carbons (Fsp3) is 0.800. The molecule has 0 bridgehead atoms. The summed E-state index contributed by atoms with van der Waals surface area (Å²) in [6.07, 6.45) is 16.2. The maximum absolute atomic E-state index is 11.2. The summed E-state index contributed by atoms with van der Waals surface area (Å²) in [4.78, 5) is 128. The van der Waals surface area contributed by atoms with Gasteiger partial charge in [0.05, 0.1) is 6.54 Å². The van der Waals surface area contributed by atoms with E-state index in [0.29, 0.717) is 120 Å². The van der Waals surface area contributed by atoms with Crippen molar-refractivity contribution >= 4 is 87.6 Å². The highest BCUT2D eigenvalue weighted by Gasteiger charge is 2.11. The van der Waals surface area contributed by atoms with E-state index in [1.165, 1.54) is 0 Å². The molecule has 0 saturated heterocycles. The molecule has 0 fully saturated rings. The van der Waals surface area contributed by atoms with E-state index in [1.54, 1.807) is 0 Å². The molecule has 0 radical (unpaired) electrons. The summed E-state index contributed by atoms with van der Waals surface area (Å²) >= 11 is 0. The molecule has 620 valence electrons. The summed E-state index contributed by atoms with van der Waals surface area (Å²) in [7, 11) is 0. The van der Waals surface area contributed by atoms with Gasteiger partial charge in [-0.25, -0.2) is 4.99 Å². The quantitative estimate of drug-likeness (QED) is 0.0187. The third-order valence-electron chi connectivity index (χ3n) is 14.1. The lowest BCUT2D eigenvalue weighted by molar-refractivity contribution is -0.122. The molecular weight excluding hydrogens is 1340 g/mol. The second-order valence-electron chi connectivity index (χ2n) is 27.8. The number of nitrogens with two attached hydrogens (primary N) is 15. The summed E-state index contributed by atoms with van der Waals surface area (Å²) in [5.74, 6) is 4.27. The summed E-state index contributed by atoms with van der Waals surface area (Å²) in [5, 5.41) is 0. The first-order valence-electron chi connectivity index (χ1n) is 37.6. The highest BCUT2D eigenvalue weighted by Crippen LogP contribution is 2.09.